The van der Waals surface area contributed by atoms with Crippen molar-refractivity contribution in [2.24, 2.45) is 0 Å². The average molecular weight is 531 g/mol. The second kappa shape index (κ2) is 13.5. The molecule has 0 saturated carbocycles. The van der Waals surface area contributed by atoms with Crippen LogP contribution in [0.3, 0.4) is 0 Å². The number of nitrogens with zero attached hydrogens (tertiary/aromatic N) is 1. The number of thioether (sulfide) groups is 2. The summed E-state index contributed by atoms with van der Waals surface area (Å²) in [6, 6.07) is 23.8. The molecule has 1 N–H and O–H groups in total. The molecule has 0 fully saturated rings. The quantitative estimate of drug-likeness (QED) is 0.208. The summed E-state index contributed by atoms with van der Waals surface area (Å²) in [6.45, 7) is 5.47. The van der Waals surface area contributed by atoms with Crippen molar-refractivity contribution in [2.75, 3.05) is 23.0 Å². The highest BCUT2D eigenvalue weighted by Crippen LogP contribution is 2.42. The zero-order valence-electron chi connectivity index (χ0n) is 21.5. The van der Waals surface area contributed by atoms with Gasteiger partial charge in [-0.05, 0) is 72.7 Å². The SMILES string of the molecule is CCCCSCCCNC(=O)c1ccc(/C=C2/Sc3ccccc3N(Cc3ccc(C)cc3)C2=O)cc1. The number of nitrogens with one attached hydrogen (secondary N) is 1. The fraction of sp³-hybridized carbons (Fsp3) is 0.290. The Morgan fingerprint density at radius 2 is 1.70 bits per heavy atom. The number of carbonyl (C=O) groups is 2. The van der Waals surface area contributed by atoms with Crippen molar-refractivity contribution in [3.05, 3.63) is 100.0 Å². The van der Waals surface area contributed by atoms with Crippen LogP contribution in [0.25, 0.3) is 6.08 Å². The van der Waals surface area contributed by atoms with Gasteiger partial charge in [-0.3, -0.25) is 9.59 Å². The third-order valence-corrected chi connectivity index (χ3v) is 8.39. The maximum absolute atomic E-state index is 13.5. The highest BCUT2D eigenvalue weighted by atomic mass is 32.2. The Kier molecular flexibility index (Phi) is 9.92. The average Bonchev–Trinajstić information content (AvgIpc) is 2.92. The molecule has 2 amide bonds. The minimum atomic E-state index is -0.0564. The van der Waals surface area contributed by atoms with E-state index in [2.05, 4.69) is 49.5 Å². The van der Waals surface area contributed by atoms with E-state index in [1.54, 1.807) is 0 Å². The molecule has 0 unspecified atom stereocenters. The number of rotatable bonds is 11. The van der Waals surface area contributed by atoms with Crippen LogP contribution in [-0.4, -0.2) is 29.9 Å². The molecule has 0 aliphatic carbocycles. The largest absolute Gasteiger partial charge is 0.352 e. The number of amides is 2. The van der Waals surface area contributed by atoms with Gasteiger partial charge in [0.2, 0.25) is 0 Å². The summed E-state index contributed by atoms with van der Waals surface area (Å²) < 4.78 is 0. The molecule has 3 aromatic rings. The number of carbonyl (C=O) groups excluding carboxylic acids is 2. The Bertz CT molecular complexity index is 1240. The van der Waals surface area contributed by atoms with E-state index < -0.39 is 0 Å². The van der Waals surface area contributed by atoms with Gasteiger partial charge in [0.05, 0.1) is 17.1 Å². The first-order valence-electron chi connectivity index (χ1n) is 12.9. The van der Waals surface area contributed by atoms with E-state index in [4.69, 9.17) is 0 Å². The molecule has 0 atom stereocenters. The Labute approximate surface area is 228 Å². The minimum Gasteiger partial charge on any atom is -0.352 e. The smallest absolute Gasteiger partial charge is 0.265 e. The molecule has 6 heteroatoms. The zero-order chi connectivity index (χ0) is 26.0. The number of aryl methyl sites for hydroxylation is 1. The van der Waals surface area contributed by atoms with Crippen LogP contribution in [0, 0.1) is 6.92 Å². The number of fused-ring (bicyclic) bond motifs is 1. The maximum Gasteiger partial charge on any atom is 0.265 e. The molecule has 1 aliphatic rings. The van der Waals surface area contributed by atoms with E-state index in [0.29, 0.717) is 23.6 Å². The number of para-hydroxylation sites is 1. The summed E-state index contributed by atoms with van der Waals surface area (Å²) in [5, 5.41) is 3.01. The van der Waals surface area contributed by atoms with Gasteiger partial charge < -0.3 is 10.2 Å². The maximum atomic E-state index is 13.5. The Balaban J connectivity index is 1.42. The van der Waals surface area contributed by atoms with E-state index >= 15 is 0 Å². The fourth-order valence-electron chi connectivity index (χ4n) is 4.00. The molecule has 0 spiro atoms. The molecular weight excluding hydrogens is 496 g/mol. The Morgan fingerprint density at radius 3 is 2.46 bits per heavy atom. The molecule has 37 heavy (non-hydrogen) atoms. The highest BCUT2D eigenvalue weighted by Gasteiger charge is 2.29. The molecule has 0 bridgehead atoms. The van der Waals surface area contributed by atoms with Gasteiger partial charge in [0.25, 0.3) is 11.8 Å². The molecule has 0 radical (unpaired) electrons. The van der Waals surface area contributed by atoms with E-state index in [1.807, 2.05) is 65.2 Å². The minimum absolute atomic E-state index is 0.0112. The lowest BCUT2D eigenvalue weighted by atomic mass is 10.1. The first kappa shape index (κ1) is 27.1. The standard InChI is InChI=1S/C31H34N2O2S2/c1-3-4-19-36-20-7-18-32-30(34)26-16-14-24(15-17-26)21-29-31(35)33(22-25-12-10-23(2)11-13-25)27-8-5-6-9-28(27)37-29/h5-6,8-17,21H,3-4,7,18-20,22H2,1-2H3,(H,32,34)/b29-21+. The fourth-order valence-corrected chi connectivity index (χ4v) is 6.11. The van der Waals surface area contributed by atoms with Gasteiger partial charge in [-0.1, -0.05) is 79.2 Å². The van der Waals surface area contributed by atoms with Crippen molar-refractivity contribution in [2.45, 2.75) is 44.6 Å². The zero-order valence-corrected chi connectivity index (χ0v) is 23.2. The lowest BCUT2D eigenvalue weighted by molar-refractivity contribution is -0.114. The van der Waals surface area contributed by atoms with Crippen LogP contribution in [0.5, 0.6) is 0 Å². The first-order valence-corrected chi connectivity index (χ1v) is 14.8. The van der Waals surface area contributed by atoms with Gasteiger partial charge in [0.15, 0.2) is 0 Å². The lowest BCUT2D eigenvalue weighted by Gasteiger charge is -2.30. The van der Waals surface area contributed by atoms with Crippen LogP contribution in [0.15, 0.2) is 82.6 Å². The summed E-state index contributed by atoms with van der Waals surface area (Å²) in [4.78, 5) is 29.6. The Hall–Kier alpha value is -2.96. The second-order valence-electron chi connectivity index (χ2n) is 9.15. The number of anilines is 1. The lowest BCUT2D eigenvalue weighted by Crippen LogP contribution is -2.33. The molecule has 192 valence electrons. The van der Waals surface area contributed by atoms with Crippen molar-refractivity contribution in [3.8, 4) is 0 Å². The van der Waals surface area contributed by atoms with E-state index in [1.165, 1.54) is 35.9 Å². The molecule has 1 aliphatic heterocycles. The molecule has 0 aromatic heterocycles. The van der Waals surface area contributed by atoms with Crippen LogP contribution in [0.2, 0.25) is 0 Å². The molecule has 4 rings (SSSR count). The van der Waals surface area contributed by atoms with E-state index in [0.717, 1.165) is 33.9 Å². The normalized spacial score (nSPS) is 14.1. The van der Waals surface area contributed by atoms with Gasteiger partial charge in [0, 0.05) is 17.0 Å². The summed E-state index contributed by atoms with van der Waals surface area (Å²) >= 11 is 3.45. The van der Waals surface area contributed by atoms with Gasteiger partial charge in [-0.15, -0.1) is 0 Å². The summed E-state index contributed by atoms with van der Waals surface area (Å²) in [5.74, 6) is 2.20. The van der Waals surface area contributed by atoms with E-state index in [9.17, 15) is 9.59 Å². The third kappa shape index (κ3) is 7.53. The number of benzene rings is 3. The van der Waals surface area contributed by atoms with Crippen molar-refractivity contribution in [1.29, 1.82) is 0 Å². The summed E-state index contributed by atoms with van der Waals surface area (Å²) in [5.41, 5.74) is 4.76. The third-order valence-electron chi connectivity index (χ3n) is 6.16. The predicted molar refractivity (Wildman–Crippen MR) is 158 cm³/mol. The van der Waals surface area contributed by atoms with Crippen molar-refractivity contribution >= 4 is 47.1 Å². The number of hydrogen-bond donors (Lipinski definition) is 1. The number of hydrogen-bond acceptors (Lipinski definition) is 4. The van der Waals surface area contributed by atoms with Crippen LogP contribution in [0.4, 0.5) is 5.69 Å². The molecule has 0 saturated heterocycles. The topological polar surface area (TPSA) is 49.4 Å². The number of unbranched alkanes of at least 4 members (excludes halogenated alkanes) is 1. The van der Waals surface area contributed by atoms with Crippen LogP contribution in [-0.2, 0) is 11.3 Å². The van der Waals surface area contributed by atoms with Crippen molar-refractivity contribution in [3.63, 3.8) is 0 Å². The van der Waals surface area contributed by atoms with Crippen LogP contribution in [0.1, 0.15) is 53.2 Å². The van der Waals surface area contributed by atoms with Crippen LogP contribution >= 0.6 is 23.5 Å². The Morgan fingerprint density at radius 1 is 0.973 bits per heavy atom. The van der Waals surface area contributed by atoms with Gasteiger partial charge >= 0.3 is 0 Å². The summed E-state index contributed by atoms with van der Waals surface area (Å²) in [6.07, 6.45) is 5.37. The second-order valence-corrected chi connectivity index (χ2v) is 11.5. The first-order chi connectivity index (χ1) is 18.0. The molecular formula is C31H34N2O2S2. The highest BCUT2D eigenvalue weighted by molar-refractivity contribution is 8.04. The summed E-state index contributed by atoms with van der Waals surface area (Å²) in [7, 11) is 0. The molecule has 1 heterocycles. The van der Waals surface area contributed by atoms with Crippen molar-refractivity contribution < 1.29 is 9.59 Å². The monoisotopic (exact) mass is 530 g/mol. The molecule has 4 nitrogen and oxygen atoms in total. The van der Waals surface area contributed by atoms with E-state index in [-0.39, 0.29) is 11.8 Å². The van der Waals surface area contributed by atoms with Crippen molar-refractivity contribution in [1.82, 2.24) is 5.32 Å². The molecule has 3 aromatic carbocycles. The predicted octanol–water partition coefficient (Wildman–Crippen LogP) is 7.33. The van der Waals surface area contributed by atoms with Crippen LogP contribution < -0.4 is 10.2 Å². The van der Waals surface area contributed by atoms with Gasteiger partial charge in [0.1, 0.15) is 0 Å². The van der Waals surface area contributed by atoms with Gasteiger partial charge in [-0.2, -0.15) is 11.8 Å². The van der Waals surface area contributed by atoms with Gasteiger partial charge in [-0.25, -0.2) is 0 Å².